The van der Waals surface area contributed by atoms with Gasteiger partial charge in [0.25, 0.3) is 0 Å². The number of rotatable bonds is 7. The Morgan fingerprint density at radius 1 is 1.50 bits per heavy atom. The van der Waals surface area contributed by atoms with Crippen molar-refractivity contribution in [3.63, 3.8) is 0 Å². The summed E-state index contributed by atoms with van der Waals surface area (Å²) in [4.78, 5) is 10.9. The van der Waals surface area contributed by atoms with Crippen molar-refractivity contribution in [1.82, 2.24) is 19.9 Å². The van der Waals surface area contributed by atoms with E-state index in [0.717, 1.165) is 17.9 Å². The van der Waals surface area contributed by atoms with Crippen LogP contribution >= 0.6 is 11.8 Å². The van der Waals surface area contributed by atoms with Crippen molar-refractivity contribution in [3.8, 4) is 0 Å². The molecule has 0 aliphatic carbocycles. The van der Waals surface area contributed by atoms with Crippen LogP contribution in [0.1, 0.15) is 30.6 Å². The molecule has 2 rings (SSSR count). The van der Waals surface area contributed by atoms with Crippen molar-refractivity contribution >= 4 is 17.7 Å². The fraction of sp³-hybridized carbons (Fsp3) is 0.500. The third kappa shape index (κ3) is 3.60. The summed E-state index contributed by atoms with van der Waals surface area (Å²) in [5.74, 6) is 1.12. The fourth-order valence-electron chi connectivity index (χ4n) is 1.75. The minimum Gasteiger partial charge on any atom is -0.480 e. The van der Waals surface area contributed by atoms with Crippen LogP contribution in [0.15, 0.2) is 15.7 Å². The van der Waals surface area contributed by atoms with Gasteiger partial charge in [-0.15, -0.1) is 10.2 Å². The summed E-state index contributed by atoms with van der Waals surface area (Å²) in [7, 11) is 0. The molecule has 2 heterocycles. The number of carboxylic acids is 1. The molecule has 0 aliphatic rings. The Morgan fingerprint density at radius 2 is 2.30 bits per heavy atom. The maximum Gasteiger partial charge on any atom is 0.323 e. The number of nitrogens with zero attached hydrogens (tertiary/aromatic N) is 4. The third-order valence-electron chi connectivity index (χ3n) is 2.59. The van der Waals surface area contributed by atoms with E-state index in [-0.39, 0.29) is 6.54 Å². The summed E-state index contributed by atoms with van der Waals surface area (Å²) in [5.41, 5.74) is 0.800. The van der Waals surface area contributed by atoms with Gasteiger partial charge in [-0.25, -0.2) is 0 Å². The first kappa shape index (κ1) is 14.6. The standard InChI is InChI=1S/C12H16N4O3S/c1-3-4-10-13-14-12(16(10)6-11(17)18)20-7-9-5-8(2)19-15-9/h5H,3-4,6-7H2,1-2H3,(H,17,18). The molecule has 108 valence electrons. The molecular formula is C12H16N4O3S. The molecule has 0 saturated carbocycles. The number of hydrogen-bond donors (Lipinski definition) is 1. The van der Waals surface area contributed by atoms with Crippen LogP contribution in [-0.4, -0.2) is 31.0 Å². The lowest BCUT2D eigenvalue weighted by Gasteiger charge is -2.05. The van der Waals surface area contributed by atoms with Gasteiger partial charge >= 0.3 is 5.97 Å². The minimum atomic E-state index is -0.902. The van der Waals surface area contributed by atoms with Crippen LogP contribution in [0.4, 0.5) is 0 Å². The molecule has 0 aromatic carbocycles. The van der Waals surface area contributed by atoms with Crippen LogP contribution in [-0.2, 0) is 23.5 Å². The zero-order valence-corrected chi connectivity index (χ0v) is 12.2. The van der Waals surface area contributed by atoms with Crippen LogP contribution in [0.25, 0.3) is 0 Å². The molecule has 0 amide bonds. The lowest BCUT2D eigenvalue weighted by atomic mass is 10.3. The molecule has 7 nitrogen and oxygen atoms in total. The lowest BCUT2D eigenvalue weighted by Crippen LogP contribution is -2.13. The number of carbonyl (C=O) groups is 1. The van der Waals surface area contributed by atoms with Gasteiger partial charge in [0.05, 0.1) is 5.69 Å². The van der Waals surface area contributed by atoms with E-state index >= 15 is 0 Å². The molecule has 0 bridgehead atoms. The Labute approximate surface area is 120 Å². The second-order valence-electron chi connectivity index (χ2n) is 4.35. The Bertz CT molecular complexity index is 593. The Morgan fingerprint density at radius 3 is 2.90 bits per heavy atom. The molecule has 0 saturated heterocycles. The van der Waals surface area contributed by atoms with Crippen molar-refractivity contribution in [3.05, 3.63) is 23.3 Å². The van der Waals surface area contributed by atoms with Crippen LogP contribution < -0.4 is 0 Å². The van der Waals surface area contributed by atoms with E-state index < -0.39 is 5.97 Å². The van der Waals surface area contributed by atoms with Gasteiger partial charge in [-0.3, -0.25) is 9.36 Å². The number of hydrogen-bond acceptors (Lipinski definition) is 6. The average molecular weight is 296 g/mol. The predicted octanol–water partition coefficient (Wildman–Crippen LogP) is 1.90. The van der Waals surface area contributed by atoms with E-state index in [1.807, 2.05) is 19.9 Å². The van der Waals surface area contributed by atoms with Gasteiger partial charge in [-0.2, -0.15) is 0 Å². The van der Waals surface area contributed by atoms with Gasteiger partial charge in [0, 0.05) is 18.2 Å². The quantitative estimate of drug-likeness (QED) is 0.780. The summed E-state index contributed by atoms with van der Waals surface area (Å²) in [6, 6.07) is 1.85. The molecule has 20 heavy (non-hydrogen) atoms. The highest BCUT2D eigenvalue weighted by atomic mass is 32.2. The van der Waals surface area contributed by atoms with Crippen molar-refractivity contribution in [2.45, 2.75) is 44.1 Å². The van der Waals surface area contributed by atoms with E-state index in [0.29, 0.717) is 23.2 Å². The van der Waals surface area contributed by atoms with Crippen LogP contribution in [0.2, 0.25) is 0 Å². The zero-order chi connectivity index (χ0) is 14.5. The summed E-state index contributed by atoms with van der Waals surface area (Å²) in [5, 5.41) is 21.6. The maximum absolute atomic E-state index is 10.9. The van der Waals surface area contributed by atoms with Crippen molar-refractivity contribution in [2.24, 2.45) is 0 Å². The van der Waals surface area contributed by atoms with E-state index in [9.17, 15) is 4.79 Å². The molecule has 1 N–H and O–H groups in total. The fourth-order valence-corrected chi connectivity index (χ4v) is 2.59. The van der Waals surface area contributed by atoms with E-state index in [1.165, 1.54) is 11.8 Å². The van der Waals surface area contributed by atoms with Crippen LogP contribution in [0.3, 0.4) is 0 Å². The predicted molar refractivity (Wildman–Crippen MR) is 72.5 cm³/mol. The third-order valence-corrected chi connectivity index (χ3v) is 3.59. The largest absolute Gasteiger partial charge is 0.480 e. The van der Waals surface area contributed by atoms with Gasteiger partial charge in [-0.1, -0.05) is 23.8 Å². The van der Waals surface area contributed by atoms with Gasteiger partial charge in [0.2, 0.25) is 0 Å². The molecule has 2 aromatic rings. The van der Waals surface area contributed by atoms with Crippen LogP contribution in [0.5, 0.6) is 0 Å². The topological polar surface area (TPSA) is 94.0 Å². The number of aryl methyl sites for hydroxylation is 2. The van der Waals surface area contributed by atoms with Gasteiger partial charge in [0.15, 0.2) is 5.16 Å². The number of aromatic nitrogens is 4. The van der Waals surface area contributed by atoms with Crippen molar-refractivity contribution in [2.75, 3.05) is 0 Å². The Hall–Kier alpha value is -1.83. The first-order chi connectivity index (χ1) is 9.60. The first-order valence-electron chi connectivity index (χ1n) is 6.29. The summed E-state index contributed by atoms with van der Waals surface area (Å²) >= 11 is 1.41. The minimum absolute atomic E-state index is 0.123. The molecular weight excluding hydrogens is 280 g/mol. The highest BCUT2D eigenvalue weighted by Crippen LogP contribution is 2.22. The monoisotopic (exact) mass is 296 g/mol. The summed E-state index contributed by atoms with van der Waals surface area (Å²) < 4.78 is 6.63. The second kappa shape index (κ2) is 6.56. The van der Waals surface area contributed by atoms with Crippen molar-refractivity contribution < 1.29 is 14.4 Å². The van der Waals surface area contributed by atoms with E-state index in [2.05, 4.69) is 15.4 Å². The first-order valence-corrected chi connectivity index (χ1v) is 7.27. The lowest BCUT2D eigenvalue weighted by molar-refractivity contribution is -0.137. The second-order valence-corrected chi connectivity index (χ2v) is 5.29. The average Bonchev–Trinajstić information content (AvgIpc) is 2.95. The van der Waals surface area contributed by atoms with Crippen molar-refractivity contribution in [1.29, 1.82) is 0 Å². The van der Waals surface area contributed by atoms with Gasteiger partial charge < -0.3 is 9.63 Å². The normalized spacial score (nSPS) is 10.9. The number of aliphatic carboxylic acids is 1. The molecule has 0 aliphatic heterocycles. The van der Waals surface area contributed by atoms with Gasteiger partial charge in [-0.05, 0) is 13.3 Å². The molecule has 0 radical (unpaired) electrons. The molecule has 0 atom stereocenters. The van der Waals surface area contributed by atoms with E-state index in [1.54, 1.807) is 4.57 Å². The maximum atomic E-state index is 10.9. The molecule has 0 spiro atoms. The van der Waals surface area contributed by atoms with E-state index in [4.69, 9.17) is 9.63 Å². The Balaban J connectivity index is 2.11. The molecule has 0 fully saturated rings. The molecule has 2 aromatic heterocycles. The summed E-state index contributed by atoms with van der Waals surface area (Å²) in [6.07, 6.45) is 1.61. The highest BCUT2D eigenvalue weighted by Gasteiger charge is 2.15. The molecule has 0 unspecified atom stereocenters. The van der Waals surface area contributed by atoms with Crippen LogP contribution in [0, 0.1) is 6.92 Å². The highest BCUT2D eigenvalue weighted by molar-refractivity contribution is 7.98. The molecule has 8 heteroatoms. The van der Waals surface area contributed by atoms with Gasteiger partial charge in [0.1, 0.15) is 18.1 Å². The smallest absolute Gasteiger partial charge is 0.323 e. The Kier molecular flexibility index (Phi) is 4.78. The SMILES string of the molecule is CCCc1nnc(SCc2cc(C)on2)n1CC(=O)O. The zero-order valence-electron chi connectivity index (χ0n) is 11.4. The number of carboxylic acid groups (broad SMARTS) is 1. The number of thioether (sulfide) groups is 1. The summed E-state index contributed by atoms with van der Waals surface area (Å²) in [6.45, 7) is 3.72.